The minimum atomic E-state index is -0.827. The van der Waals surface area contributed by atoms with E-state index in [4.69, 9.17) is 10.5 Å². The molecule has 3 N–H and O–H groups in total. The van der Waals surface area contributed by atoms with Crippen molar-refractivity contribution in [1.82, 2.24) is 5.32 Å². The molecule has 0 spiro atoms. The number of ether oxygens (including phenoxy) is 1. The van der Waals surface area contributed by atoms with Crippen molar-refractivity contribution in [2.24, 2.45) is 5.73 Å². The Bertz CT molecular complexity index is 941. The Morgan fingerprint density at radius 1 is 0.862 bits per heavy atom. The number of hydrogen-bond donors (Lipinski definition) is 2. The van der Waals surface area contributed by atoms with Crippen LogP contribution < -0.4 is 11.1 Å². The first-order valence-electron chi connectivity index (χ1n) is 9.40. The van der Waals surface area contributed by atoms with E-state index in [-0.39, 0.29) is 0 Å². The predicted octanol–water partition coefficient (Wildman–Crippen LogP) is 3.25. The second-order valence-electron chi connectivity index (χ2n) is 6.76. The van der Waals surface area contributed by atoms with Gasteiger partial charge in [0.2, 0.25) is 5.91 Å². The number of carbonyl (C=O) groups is 2. The van der Waals surface area contributed by atoms with Crippen LogP contribution in [0.1, 0.15) is 17.2 Å². The van der Waals surface area contributed by atoms with Crippen molar-refractivity contribution < 1.29 is 14.3 Å². The maximum Gasteiger partial charge on any atom is 0.254 e. The zero-order valence-electron chi connectivity index (χ0n) is 16.2. The average Bonchev–Trinajstić information content (AvgIpc) is 2.75. The van der Waals surface area contributed by atoms with Crippen molar-refractivity contribution in [1.29, 1.82) is 0 Å². The molecule has 0 radical (unpaired) electrons. The van der Waals surface area contributed by atoms with Gasteiger partial charge >= 0.3 is 0 Å². The SMILES string of the molecule is CO[C@H](C(=O)N[C@H](Cc1ccc(-c2ccccc2)cc1)C(N)=O)c1ccccc1. The summed E-state index contributed by atoms with van der Waals surface area (Å²) in [6.07, 6.45) is -0.500. The summed E-state index contributed by atoms with van der Waals surface area (Å²) in [6, 6.07) is 26.2. The Morgan fingerprint density at radius 2 is 1.41 bits per heavy atom. The number of amides is 2. The van der Waals surface area contributed by atoms with Gasteiger partial charge in [-0.25, -0.2) is 0 Å². The van der Waals surface area contributed by atoms with Gasteiger partial charge in [-0.3, -0.25) is 9.59 Å². The van der Waals surface area contributed by atoms with Crippen molar-refractivity contribution >= 4 is 11.8 Å². The quantitative estimate of drug-likeness (QED) is 0.621. The lowest BCUT2D eigenvalue weighted by molar-refractivity contribution is -0.134. The summed E-state index contributed by atoms with van der Waals surface area (Å²) in [4.78, 5) is 24.6. The van der Waals surface area contributed by atoms with Crippen molar-refractivity contribution in [2.45, 2.75) is 18.6 Å². The highest BCUT2D eigenvalue weighted by atomic mass is 16.5. The lowest BCUT2D eigenvalue weighted by atomic mass is 10.00. The van der Waals surface area contributed by atoms with Crippen molar-refractivity contribution in [3.63, 3.8) is 0 Å². The van der Waals surface area contributed by atoms with Gasteiger partial charge in [-0.05, 0) is 22.3 Å². The van der Waals surface area contributed by atoms with Gasteiger partial charge in [-0.15, -0.1) is 0 Å². The van der Waals surface area contributed by atoms with Crippen molar-refractivity contribution in [2.75, 3.05) is 7.11 Å². The summed E-state index contributed by atoms with van der Waals surface area (Å²) >= 11 is 0. The van der Waals surface area contributed by atoms with Gasteiger partial charge in [-0.1, -0.05) is 84.9 Å². The smallest absolute Gasteiger partial charge is 0.254 e. The lowest BCUT2D eigenvalue weighted by Crippen LogP contribution is -2.47. The third kappa shape index (κ3) is 5.30. The molecule has 3 rings (SSSR count). The van der Waals surface area contributed by atoms with Crippen LogP contribution in [0.5, 0.6) is 0 Å². The first-order valence-corrected chi connectivity index (χ1v) is 9.40. The first kappa shape index (κ1) is 20.3. The van der Waals surface area contributed by atoms with Crippen LogP contribution in [-0.2, 0) is 20.7 Å². The van der Waals surface area contributed by atoms with E-state index >= 15 is 0 Å². The average molecular weight is 388 g/mol. The van der Waals surface area contributed by atoms with E-state index in [0.29, 0.717) is 12.0 Å². The molecule has 0 aromatic heterocycles. The first-order chi connectivity index (χ1) is 14.1. The Labute approximate surface area is 170 Å². The molecular weight excluding hydrogens is 364 g/mol. The molecule has 0 saturated carbocycles. The van der Waals surface area contributed by atoms with Crippen LogP contribution in [0.15, 0.2) is 84.9 Å². The van der Waals surface area contributed by atoms with Crippen LogP contribution in [-0.4, -0.2) is 25.0 Å². The molecule has 2 amide bonds. The zero-order chi connectivity index (χ0) is 20.6. The van der Waals surface area contributed by atoms with Crippen LogP contribution in [0.2, 0.25) is 0 Å². The van der Waals surface area contributed by atoms with E-state index < -0.39 is 24.0 Å². The highest BCUT2D eigenvalue weighted by Gasteiger charge is 2.25. The van der Waals surface area contributed by atoms with Crippen LogP contribution in [0.25, 0.3) is 11.1 Å². The summed E-state index contributed by atoms with van der Waals surface area (Å²) in [5.74, 6) is -0.989. The number of nitrogens with one attached hydrogen (secondary N) is 1. The summed E-state index contributed by atoms with van der Waals surface area (Å²) < 4.78 is 5.33. The molecule has 5 heteroatoms. The summed E-state index contributed by atoms with van der Waals surface area (Å²) in [6.45, 7) is 0. The number of hydrogen-bond acceptors (Lipinski definition) is 3. The molecule has 0 unspecified atom stereocenters. The van der Waals surface area contributed by atoms with Crippen molar-refractivity contribution in [3.05, 3.63) is 96.1 Å². The molecule has 5 nitrogen and oxygen atoms in total. The topological polar surface area (TPSA) is 81.4 Å². The number of carbonyl (C=O) groups excluding carboxylic acids is 2. The second-order valence-corrected chi connectivity index (χ2v) is 6.76. The predicted molar refractivity (Wildman–Crippen MR) is 113 cm³/mol. The highest BCUT2D eigenvalue weighted by Crippen LogP contribution is 2.20. The molecule has 0 bridgehead atoms. The molecule has 0 aliphatic carbocycles. The van der Waals surface area contributed by atoms with E-state index in [1.165, 1.54) is 7.11 Å². The Morgan fingerprint density at radius 3 is 1.97 bits per heavy atom. The molecule has 148 valence electrons. The van der Waals surface area contributed by atoms with Crippen LogP contribution in [0.4, 0.5) is 0 Å². The fraction of sp³-hybridized carbons (Fsp3) is 0.167. The third-order valence-corrected chi connectivity index (χ3v) is 4.74. The maximum atomic E-state index is 12.7. The number of rotatable bonds is 8. The summed E-state index contributed by atoms with van der Waals surface area (Å²) in [7, 11) is 1.46. The van der Waals surface area contributed by atoms with Gasteiger partial charge in [0, 0.05) is 13.5 Å². The number of nitrogens with two attached hydrogens (primary N) is 1. The molecule has 29 heavy (non-hydrogen) atoms. The van der Waals surface area contributed by atoms with E-state index in [0.717, 1.165) is 16.7 Å². The Kier molecular flexibility index (Phi) is 6.76. The van der Waals surface area contributed by atoms with E-state index in [1.807, 2.05) is 72.8 Å². The van der Waals surface area contributed by atoms with Gasteiger partial charge in [0.05, 0.1) is 0 Å². The van der Waals surface area contributed by atoms with Gasteiger partial charge < -0.3 is 15.8 Å². The molecule has 0 aliphatic heterocycles. The summed E-state index contributed by atoms with van der Waals surface area (Å²) in [5.41, 5.74) is 9.35. The van der Waals surface area contributed by atoms with Crippen LogP contribution in [0.3, 0.4) is 0 Å². The van der Waals surface area contributed by atoms with Gasteiger partial charge in [0.15, 0.2) is 6.10 Å². The monoisotopic (exact) mass is 388 g/mol. The van der Waals surface area contributed by atoms with E-state index in [9.17, 15) is 9.59 Å². The fourth-order valence-corrected chi connectivity index (χ4v) is 3.19. The Hall–Kier alpha value is -3.44. The molecule has 0 aliphatic rings. The molecule has 2 atom stereocenters. The lowest BCUT2D eigenvalue weighted by Gasteiger charge is -2.20. The summed E-state index contributed by atoms with van der Waals surface area (Å²) in [5, 5.41) is 2.72. The Balaban J connectivity index is 1.70. The molecule has 3 aromatic carbocycles. The molecule has 0 saturated heterocycles. The molecular formula is C24H24N2O3. The van der Waals surface area contributed by atoms with E-state index in [2.05, 4.69) is 5.32 Å². The highest BCUT2D eigenvalue weighted by molar-refractivity contribution is 5.89. The molecule has 0 heterocycles. The number of methoxy groups -OCH3 is 1. The molecule has 0 fully saturated rings. The number of primary amides is 1. The van der Waals surface area contributed by atoms with Crippen LogP contribution >= 0.6 is 0 Å². The van der Waals surface area contributed by atoms with Crippen molar-refractivity contribution in [3.8, 4) is 11.1 Å². The largest absolute Gasteiger partial charge is 0.368 e. The van der Waals surface area contributed by atoms with Crippen LogP contribution in [0, 0.1) is 0 Å². The van der Waals surface area contributed by atoms with Gasteiger partial charge in [0.25, 0.3) is 5.91 Å². The molecule has 3 aromatic rings. The maximum absolute atomic E-state index is 12.7. The van der Waals surface area contributed by atoms with Gasteiger partial charge in [0.1, 0.15) is 6.04 Å². The third-order valence-electron chi connectivity index (χ3n) is 4.74. The number of benzene rings is 3. The standard InChI is InChI=1S/C24H24N2O3/c1-29-22(20-10-6-3-7-11-20)24(28)26-21(23(25)27)16-17-12-14-19(15-13-17)18-8-4-2-5-9-18/h2-15,21-22H,16H2,1H3,(H2,25,27)(H,26,28)/t21-,22+/m1/s1. The second kappa shape index (κ2) is 9.66. The van der Waals surface area contributed by atoms with E-state index in [1.54, 1.807) is 12.1 Å². The minimum Gasteiger partial charge on any atom is -0.368 e. The minimum absolute atomic E-state index is 0.307. The fourth-order valence-electron chi connectivity index (χ4n) is 3.19. The van der Waals surface area contributed by atoms with Gasteiger partial charge in [-0.2, -0.15) is 0 Å². The zero-order valence-corrected chi connectivity index (χ0v) is 16.2. The normalized spacial score (nSPS) is 12.7.